The standard InChI is InChI=1S/C23H28N2O7S.C17H19N3O5S.C13H10N2O4S.C10H19BrO3/c1-23(2,3)32-18(27)8-5-11-31-12-13-33-16-7-4-6-14-19(16)22(30)25(21(14)29)15-9-10-17(26)24-20(15)28;18-6-7-25-8-9-26-12-3-1-2-10-14(12)17(24)20(16(10)23)11-4-5-13(21)19-15(11)22;16-9-5-4-7(11(17)14-9)15-12(18)6-2-1-3-8(20)10(6)13(15)19;1-10(2,3)14-9(12)5-4-7-13-8-6-11/h4,6-7,15H,5,8-13H2,1-3H3,(H,24,26,28);1-3,11H,4-9,18H2,(H,19,21,22);1-3,7,20H,4-5H2,(H,14,16,17);4-8H2,1-3H3. The molecular formula is C63H76BrN7O19S3. The van der Waals surface area contributed by atoms with E-state index in [1.165, 1.54) is 29.6 Å². The molecular weight excluding hydrogens is 1330 g/mol. The quantitative estimate of drug-likeness (QED) is 0.0199. The van der Waals surface area contributed by atoms with Crippen molar-refractivity contribution in [3.05, 3.63) is 88.0 Å². The summed E-state index contributed by atoms with van der Waals surface area (Å²) in [5, 5.41) is 7.36. The number of nitrogens with one attached hydrogen (secondary N) is 3. The second-order valence-corrected chi connectivity index (χ2v) is 26.8. The van der Waals surface area contributed by atoms with Crippen molar-refractivity contribution in [2.24, 2.45) is 5.73 Å². The Labute approximate surface area is 559 Å². The minimum Gasteiger partial charge on any atom is -0.460 e. The molecule has 3 unspecified atom stereocenters. The number of fused-ring (bicyclic) bond motifs is 3. The summed E-state index contributed by atoms with van der Waals surface area (Å²) in [7, 11) is 0. The molecule has 6 aliphatic heterocycles. The lowest BCUT2D eigenvalue weighted by molar-refractivity contribution is -0.156. The molecule has 0 bridgehead atoms. The van der Waals surface area contributed by atoms with Crippen molar-refractivity contribution in [3.8, 4) is 0 Å². The normalized spacial score (nSPS) is 18.5. The molecule has 9 rings (SSSR count). The second-order valence-electron chi connectivity index (χ2n) is 23.3. The zero-order valence-electron chi connectivity index (χ0n) is 52.4. The fourth-order valence-corrected chi connectivity index (χ4v) is 12.4. The minimum absolute atomic E-state index is 0.0800. The molecule has 3 aromatic carbocycles. The van der Waals surface area contributed by atoms with Crippen LogP contribution >= 0.6 is 52.1 Å². The van der Waals surface area contributed by atoms with Crippen LogP contribution in [0.15, 0.2) is 69.3 Å². The number of ether oxygens (including phenoxy) is 5. The van der Waals surface area contributed by atoms with Crippen LogP contribution in [-0.4, -0.2) is 190 Å². The van der Waals surface area contributed by atoms with Crippen LogP contribution in [0.1, 0.15) is 168 Å². The SMILES string of the molecule is CC(C)(C)OC(=O)CCCOCCBr.CC(C)(C)OC(=O)CCCOCCSc1cccc2c1C(=O)N(C1CCC(=O)NC1=O)C2=O.NCCOCCSc1cccc2c1C(=O)N(C1CCC(=O)NC1=O)C2=O.O=C1CCC(N2C(=O)c3cccc(S)c3C2=O)C(=O)N1. The van der Waals surface area contributed by atoms with Crippen LogP contribution < -0.4 is 21.7 Å². The second kappa shape index (κ2) is 34.8. The molecule has 0 aliphatic carbocycles. The number of halogens is 1. The molecule has 0 radical (unpaired) electrons. The molecule has 30 heteroatoms. The molecule has 26 nitrogen and oxygen atoms in total. The molecule has 12 amide bonds. The highest BCUT2D eigenvalue weighted by atomic mass is 79.9. The van der Waals surface area contributed by atoms with Crippen LogP contribution in [0.5, 0.6) is 0 Å². The Bertz CT molecular complexity index is 3390. The van der Waals surface area contributed by atoms with E-state index in [-0.39, 0.29) is 90.3 Å². The number of amides is 12. The van der Waals surface area contributed by atoms with Crippen molar-refractivity contribution in [1.82, 2.24) is 30.7 Å². The number of esters is 2. The third-order valence-electron chi connectivity index (χ3n) is 13.9. The van der Waals surface area contributed by atoms with Crippen LogP contribution in [0.3, 0.4) is 0 Å². The van der Waals surface area contributed by atoms with Gasteiger partial charge in [-0.1, -0.05) is 34.1 Å². The van der Waals surface area contributed by atoms with Gasteiger partial charge in [-0.3, -0.25) is 97.8 Å². The van der Waals surface area contributed by atoms with Gasteiger partial charge in [-0.25, -0.2) is 0 Å². The molecule has 93 heavy (non-hydrogen) atoms. The van der Waals surface area contributed by atoms with Crippen molar-refractivity contribution in [2.45, 2.75) is 150 Å². The van der Waals surface area contributed by atoms with Gasteiger partial charge in [0.15, 0.2) is 0 Å². The van der Waals surface area contributed by atoms with Gasteiger partial charge in [-0.05, 0) is 110 Å². The Morgan fingerprint density at radius 3 is 1.19 bits per heavy atom. The van der Waals surface area contributed by atoms with E-state index in [1.54, 1.807) is 48.5 Å². The first-order valence-electron chi connectivity index (χ1n) is 30.0. The van der Waals surface area contributed by atoms with Gasteiger partial charge < -0.3 is 29.4 Å². The molecule has 6 heterocycles. The maximum Gasteiger partial charge on any atom is 0.306 e. The lowest BCUT2D eigenvalue weighted by atomic mass is 10.0. The number of hydrogen-bond donors (Lipinski definition) is 5. The summed E-state index contributed by atoms with van der Waals surface area (Å²) in [6.45, 7) is 14.6. The van der Waals surface area contributed by atoms with Gasteiger partial charge in [-0.2, -0.15) is 0 Å². The summed E-state index contributed by atoms with van der Waals surface area (Å²) >= 11 is 10.2. The van der Waals surface area contributed by atoms with Crippen LogP contribution in [0.4, 0.5) is 0 Å². The number of benzene rings is 3. The van der Waals surface area contributed by atoms with Crippen molar-refractivity contribution in [2.75, 3.05) is 63.0 Å². The number of nitrogens with two attached hydrogens (primary N) is 1. The summed E-state index contributed by atoms with van der Waals surface area (Å²) in [5.74, 6) is -5.40. The predicted molar refractivity (Wildman–Crippen MR) is 344 cm³/mol. The van der Waals surface area contributed by atoms with Crippen LogP contribution in [-0.2, 0) is 62.0 Å². The number of thiol groups is 1. The zero-order chi connectivity index (χ0) is 68.3. The smallest absolute Gasteiger partial charge is 0.306 e. The van der Waals surface area contributed by atoms with Gasteiger partial charge in [-0.15, -0.1) is 36.2 Å². The maximum absolute atomic E-state index is 13.0. The van der Waals surface area contributed by atoms with Gasteiger partial charge in [0, 0.05) is 83.4 Å². The molecule has 0 aromatic heterocycles. The number of carbonyl (C=O) groups is 14. The minimum atomic E-state index is -0.985. The van der Waals surface area contributed by atoms with E-state index in [0.29, 0.717) is 90.8 Å². The van der Waals surface area contributed by atoms with Crippen LogP contribution in [0.2, 0.25) is 0 Å². The van der Waals surface area contributed by atoms with Gasteiger partial charge >= 0.3 is 11.9 Å². The molecule has 3 atom stereocenters. The van der Waals surface area contributed by atoms with Crippen molar-refractivity contribution < 1.29 is 90.8 Å². The van der Waals surface area contributed by atoms with Gasteiger partial charge in [0.2, 0.25) is 35.4 Å². The monoisotopic (exact) mass is 1410 g/mol. The molecule has 0 saturated carbocycles. The zero-order valence-corrected chi connectivity index (χ0v) is 56.5. The molecule has 3 fully saturated rings. The number of nitrogens with zero attached hydrogens (tertiary/aromatic N) is 3. The Hall–Kier alpha value is -7.19. The summed E-state index contributed by atoms with van der Waals surface area (Å²) in [6.07, 6.45) is 2.69. The number of thioether (sulfide) groups is 2. The van der Waals surface area contributed by atoms with Crippen molar-refractivity contribution in [3.63, 3.8) is 0 Å². The number of imide groups is 6. The van der Waals surface area contributed by atoms with Gasteiger partial charge in [0.1, 0.15) is 29.3 Å². The third kappa shape index (κ3) is 20.7. The van der Waals surface area contributed by atoms with Crippen molar-refractivity contribution in [1.29, 1.82) is 0 Å². The number of rotatable bonds is 23. The first-order chi connectivity index (χ1) is 44.1. The Morgan fingerprint density at radius 2 is 0.849 bits per heavy atom. The summed E-state index contributed by atoms with van der Waals surface area (Å²) < 4.78 is 26.5. The fraction of sp³-hybridized carbons (Fsp3) is 0.492. The summed E-state index contributed by atoms with van der Waals surface area (Å²) in [6, 6.07) is 12.0. The molecule has 5 N–H and O–H groups in total. The number of hydrogen-bond acceptors (Lipinski definition) is 23. The first-order valence-corrected chi connectivity index (χ1v) is 33.5. The Kier molecular flexibility index (Phi) is 28.0. The van der Waals surface area contributed by atoms with Gasteiger partial charge in [0.05, 0.1) is 59.8 Å². The topological polar surface area (TPSA) is 357 Å². The average molecular weight is 1410 g/mol. The molecule has 0 spiro atoms. The van der Waals surface area contributed by atoms with E-state index in [2.05, 4.69) is 44.5 Å². The highest BCUT2D eigenvalue weighted by Crippen LogP contribution is 2.37. The number of carbonyl (C=O) groups excluding carboxylic acids is 14. The van der Waals surface area contributed by atoms with E-state index in [4.69, 9.17) is 29.4 Å². The molecule has 3 saturated heterocycles. The molecule has 502 valence electrons. The van der Waals surface area contributed by atoms with E-state index < -0.39 is 94.6 Å². The lowest BCUT2D eigenvalue weighted by Crippen LogP contribution is -2.54. The third-order valence-corrected chi connectivity index (χ3v) is 16.7. The summed E-state index contributed by atoms with van der Waals surface area (Å²) in [4.78, 5) is 174. The highest BCUT2D eigenvalue weighted by Gasteiger charge is 2.48. The van der Waals surface area contributed by atoms with E-state index in [1.807, 2.05) is 41.5 Å². The number of piperidine rings is 3. The number of alkyl halides is 1. The highest BCUT2D eigenvalue weighted by molar-refractivity contribution is 9.09. The fourth-order valence-electron chi connectivity index (χ4n) is 9.99. The van der Waals surface area contributed by atoms with Crippen LogP contribution in [0, 0.1) is 0 Å². The van der Waals surface area contributed by atoms with E-state index >= 15 is 0 Å². The van der Waals surface area contributed by atoms with Gasteiger partial charge in [0.25, 0.3) is 35.4 Å². The Balaban J connectivity index is 0.000000205. The van der Waals surface area contributed by atoms with E-state index in [9.17, 15) is 67.1 Å². The Morgan fingerprint density at radius 1 is 0.505 bits per heavy atom. The van der Waals surface area contributed by atoms with E-state index in [0.717, 1.165) is 26.5 Å². The lowest BCUT2D eigenvalue weighted by Gasteiger charge is -2.27. The first kappa shape index (κ1) is 74.8. The van der Waals surface area contributed by atoms with Crippen LogP contribution in [0.25, 0.3) is 0 Å². The largest absolute Gasteiger partial charge is 0.460 e. The predicted octanol–water partition coefficient (Wildman–Crippen LogP) is 5.37. The summed E-state index contributed by atoms with van der Waals surface area (Å²) in [5.41, 5.74) is 6.07. The average Bonchev–Trinajstić information content (AvgIpc) is 1.63. The van der Waals surface area contributed by atoms with Crippen molar-refractivity contribution >= 4 is 135 Å². The molecule has 3 aromatic rings. The maximum atomic E-state index is 13.0. The molecule has 6 aliphatic rings.